The lowest BCUT2D eigenvalue weighted by Crippen LogP contribution is -2.48. The van der Waals surface area contributed by atoms with Gasteiger partial charge in [-0.15, -0.1) is 0 Å². The van der Waals surface area contributed by atoms with Crippen LogP contribution in [0.5, 0.6) is 0 Å². The molecule has 0 saturated carbocycles. The molecule has 1 heterocycles. The number of fused-ring (bicyclic) bond motifs is 1. The maximum atomic E-state index is 13.1. The minimum Gasteiger partial charge on any atom is -0.323 e. The number of rotatable bonds is 4. The molecule has 0 aromatic heterocycles. The first kappa shape index (κ1) is 17.9. The molecule has 134 valence electrons. The molecular formula is C22H24N2O2. The molecule has 1 aliphatic heterocycles. The minimum absolute atomic E-state index is 0.0576. The Labute approximate surface area is 154 Å². The van der Waals surface area contributed by atoms with Gasteiger partial charge in [0.1, 0.15) is 6.04 Å². The van der Waals surface area contributed by atoms with E-state index in [0.29, 0.717) is 13.0 Å². The van der Waals surface area contributed by atoms with Crippen molar-refractivity contribution in [1.82, 2.24) is 4.90 Å². The zero-order valence-electron chi connectivity index (χ0n) is 15.3. The van der Waals surface area contributed by atoms with Crippen LogP contribution in [0.1, 0.15) is 23.1 Å². The number of anilines is 1. The topological polar surface area (TPSA) is 40.6 Å². The third-order valence-electron chi connectivity index (χ3n) is 4.93. The summed E-state index contributed by atoms with van der Waals surface area (Å²) in [7, 11) is 1.78. The SMILES string of the molecule is C=CC(=O)N(Cc1cccc(C)c1)C1CCc2ccccc2N(C)C1=O. The maximum Gasteiger partial charge on any atom is 0.249 e. The van der Waals surface area contributed by atoms with Crippen molar-refractivity contribution in [3.05, 3.63) is 77.9 Å². The quantitative estimate of drug-likeness (QED) is 0.794. The molecule has 0 spiro atoms. The molecule has 26 heavy (non-hydrogen) atoms. The first-order chi connectivity index (χ1) is 12.5. The molecule has 1 aliphatic rings. The van der Waals surface area contributed by atoms with Gasteiger partial charge in [-0.3, -0.25) is 9.59 Å². The molecule has 0 saturated heterocycles. The molecule has 4 heteroatoms. The molecule has 4 nitrogen and oxygen atoms in total. The van der Waals surface area contributed by atoms with Crippen LogP contribution in [0.15, 0.2) is 61.2 Å². The predicted molar refractivity (Wildman–Crippen MR) is 104 cm³/mol. The minimum atomic E-state index is -0.501. The highest BCUT2D eigenvalue weighted by molar-refractivity contribution is 6.01. The van der Waals surface area contributed by atoms with Gasteiger partial charge in [-0.2, -0.15) is 0 Å². The van der Waals surface area contributed by atoms with E-state index in [1.165, 1.54) is 6.08 Å². The number of nitrogens with zero attached hydrogens (tertiary/aromatic N) is 2. The number of carbonyl (C=O) groups is 2. The fourth-order valence-corrected chi connectivity index (χ4v) is 3.56. The lowest BCUT2D eigenvalue weighted by atomic mass is 10.0. The van der Waals surface area contributed by atoms with Gasteiger partial charge in [0.05, 0.1) is 0 Å². The van der Waals surface area contributed by atoms with Crippen molar-refractivity contribution >= 4 is 17.5 Å². The molecule has 2 aromatic carbocycles. The van der Waals surface area contributed by atoms with Gasteiger partial charge in [-0.1, -0.05) is 54.6 Å². The van der Waals surface area contributed by atoms with Gasteiger partial charge in [-0.25, -0.2) is 0 Å². The Balaban J connectivity index is 1.93. The summed E-state index contributed by atoms with van der Waals surface area (Å²) in [5, 5.41) is 0. The maximum absolute atomic E-state index is 13.1. The highest BCUT2D eigenvalue weighted by Gasteiger charge is 2.34. The van der Waals surface area contributed by atoms with Crippen molar-refractivity contribution in [3.8, 4) is 0 Å². The third kappa shape index (κ3) is 3.54. The van der Waals surface area contributed by atoms with Gasteiger partial charge in [0.25, 0.3) is 0 Å². The average Bonchev–Trinajstić information content (AvgIpc) is 2.77. The molecule has 2 amide bonds. The van der Waals surface area contributed by atoms with E-state index in [0.717, 1.165) is 28.8 Å². The number of carbonyl (C=O) groups excluding carboxylic acids is 2. The second kappa shape index (κ2) is 7.56. The summed E-state index contributed by atoms with van der Waals surface area (Å²) in [5.74, 6) is -0.276. The van der Waals surface area contributed by atoms with Gasteiger partial charge >= 0.3 is 0 Å². The largest absolute Gasteiger partial charge is 0.323 e. The molecule has 0 N–H and O–H groups in total. The van der Waals surface area contributed by atoms with E-state index in [2.05, 4.69) is 6.58 Å². The molecule has 0 radical (unpaired) electrons. The Morgan fingerprint density at radius 1 is 1.27 bits per heavy atom. The van der Waals surface area contributed by atoms with E-state index in [9.17, 15) is 9.59 Å². The van der Waals surface area contributed by atoms with E-state index in [4.69, 9.17) is 0 Å². The second-order valence-electron chi connectivity index (χ2n) is 6.74. The van der Waals surface area contributed by atoms with Crippen LogP contribution in [0.2, 0.25) is 0 Å². The van der Waals surface area contributed by atoms with Crippen LogP contribution in [0.25, 0.3) is 0 Å². The number of amides is 2. The van der Waals surface area contributed by atoms with Crippen molar-refractivity contribution in [2.24, 2.45) is 0 Å². The monoisotopic (exact) mass is 348 g/mol. The molecule has 0 aliphatic carbocycles. The Hall–Kier alpha value is -2.88. The summed E-state index contributed by atoms with van der Waals surface area (Å²) >= 11 is 0. The normalized spacial score (nSPS) is 16.6. The Morgan fingerprint density at radius 2 is 2.04 bits per heavy atom. The molecule has 0 fully saturated rings. The zero-order valence-corrected chi connectivity index (χ0v) is 15.3. The number of benzene rings is 2. The van der Waals surface area contributed by atoms with Crippen LogP contribution < -0.4 is 4.90 Å². The van der Waals surface area contributed by atoms with Crippen molar-refractivity contribution in [2.75, 3.05) is 11.9 Å². The Morgan fingerprint density at radius 3 is 2.77 bits per heavy atom. The standard InChI is InChI=1S/C22H24N2O2/c1-4-21(25)24(15-17-9-7-8-16(2)14-17)20-13-12-18-10-5-6-11-19(18)23(3)22(20)26/h4-11,14,20H,1,12-13,15H2,2-3H3. The summed E-state index contributed by atoms with van der Waals surface area (Å²) in [4.78, 5) is 29.0. The lowest BCUT2D eigenvalue weighted by Gasteiger charge is -2.31. The highest BCUT2D eigenvalue weighted by Crippen LogP contribution is 2.28. The van der Waals surface area contributed by atoms with Crippen LogP contribution in [0, 0.1) is 6.92 Å². The van der Waals surface area contributed by atoms with Crippen molar-refractivity contribution in [3.63, 3.8) is 0 Å². The smallest absolute Gasteiger partial charge is 0.249 e. The van der Waals surface area contributed by atoms with E-state index in [1.807, 2.05) is 55.5 Å². The Kier molecular flexibility index (Phi) is 5.21. The van der Waals surface area contributed by atoms with Crippen LogP contribution in [0.3, 0.4) is 0 Å². The number of aryl methyl sites for hydroxylation is 2. The van der Waals surface area contributed by atoms with Crippen LogP contribution in [-0.4, -0.2) is 29.8 Å². The molecule has 3 rings (SSSR count). The van der Waals surface area contributed by atoms with E-state index in [-0.39, 0.29) is 11.8 Å². The predicted octanol–water partition coefficient (Wildman–Crippen LogP) is 3.49. The van der Waals surface area contributed by atoms with Crippen LogP contribution >= 0.6 is 0 Å². The molecule has 1 unspecified atom stereocenters. The highest BCUT2D eigenvalue weighted by atomic mass is 16.2. The first-order valence-electron chi connectivity index (χ1n) is 8.85. The summed E-state index contributed by atoms with van der Waals surface area (Å²) in [6, 6.07) is 15.4. The fourth-order valence-electron chi connectivity index (χ4n) is 3.56. The molecule has 2 aromatic rings. The van der Waals surface area contributed by atoms with Gasteiger partial charge in [0, 0.05) is 19.3 Å². The second-order valence-corrected chi connectivity index (χ2v) is 6.74. The van der Waals surface area contributed by atoms with Gasteiger partial charge in [0.15, 0.2) is 0 Å². The molecule has 0 bridgehead atoms. The number of likely N-dealkylation sites (N-methyl/N-ethyl adjacent to an activating group) is 1. The van der Waals surface area contributed by atoms with E-state index >= 15 is 0 Å². The summed E-state index contributed by atoms with van der Waals surface area (Å²) in [5.41, 5.74) is 4.19. The van der Waals surface area contributed by atoms with E-state index < -0.39 is 6.04 Å². The zero-order chi connectivity index (χ0) is 18.7. The van der Waals surface area contributed by atoms with Gasteiger partial charge in [-0.05, 0) is 43.0 Å². The van der Waals surface area contributed by atoms with Crippen molar-refractivity contribution in [2.45, 2.75) is 32.4 Å². The number of hydrogen-bond acceptors (Lipinski definition) is 2. The van der Waals surface area contributed by atoms with Gasteiger partial charge < -0.3 is 9.80 Å². The van der Waals surface area contributed by atoms with Crippen LogP contribution in [-0.2, 0) is 22.6 Å². The summed E-state index contributed by atoms with van der Waals surface area (Å²) in [6.07, 6.45) is 2.65. The number of hydrogen-bond donors (Lipinski definition) is 0. The van der Waals surface area contributed by atoms with E-state index in [1.54, 1.807) is 16.8 Å². The summed E-state index contributed by atoms with van der Waals surface area (Å²) in [6.45, 7) is 6.04. The van der Waals surface area contributed by atoms with Gasteiger partial charge in [0.2, 0.25) is 11.8 Å². The fraction of sp³-hybridized carbons (Fsp3) is 0.273. The molecular weight excluding hydrogens is 324 g/mol. The van der Waals surface area contributed by atoms with Crippen molar-refractivity contribution < 1.29 is 9.59 Å². The third-order valence-corrected chi connectivity index (χ3v) is 4.93. The average molecular weight is 348 g/mol. The summed E-state index contributed by atoms with van der Waals surface area (Å²) < 4.78 is 0. The number of para-hydroxylation sites is 1. The lowest BCUT2D eigenvalue weighted by molar-refractivity contribution is -0.136. The van der Waals surface area contributed by atoms with Crippen molar-refractivity contribution in [1.29, 1.82) is 0 Å². The molecule has 1 atom stereocenters. The van der Waals surface area contributed by atoms with Crippen LogP contribution in [0.4, 0.5) is 5.69 Å². The first-order valence-corrected chi connectivity index (χ1v) is 8.85. The Bertz CT molecular complexity index is 844.